The van der Waals surface area contributed by atoms with Crippen molar-refractivity contribution in [2.75, 3.05) is 39.0 Å². The van der Waals surface area contributed by atoms with Crippen LogP contribution >= 0.6 is 0 Å². The number of hydrogen-bond donors (Lipinski definition) is 0. The van der Waals surface area contributed by atoms with Crippen molar-refractivity contribution in [1.29, 1.82) is 0 Å². The molecule has 0 aromatic heterocycles. The molecule has 2 aliphatic rings. The molecule has 0 radical (unpaired) electrons. The molecule has 1 aromatic carbocycles. The minimum atomic E-state index is -3.22. The summed E-state index contributed by atoms with van der Waals surface area (Å²) < 4.78 is 31.5. The van der Waals surface area contributed by atoms with Crippen molar-refractivity contribution < 1.29 is 17.9 Å². The summed E-state index contributed by atoms with van der Waals surface area (Å²) in [5.41, 5.74) is 1.32. The van der Waals surface area contributed by atoms with E-state index in [1.54, 1.807) is 11.4 Å². The van der Waals surface area contributed by atoms with Crippen LogP contribution in [0.5, 0.6) is 5.75 Å². The van der Waals surface area contributed by atoms with Crippen molar-refractivity contribution in [3.8, 4) is 5.75 Å². The lowest BCUT2D eigenvalue weighted by molar-refractivity contribution is -0.138. The van der Waals surface area contributed by atoms with Gasteiger partial charge in [-0.2, -0.15) is 0 Å². The summed E-state index contributed by atoms with van der Waals surface area (Å²) in [4.78, 5) is 15.0. The number of sulfonamides is 1. The maximum absolute atomic E-state index is 13.0. The number of benzene rings is 1. The van der Waals surface area contributed by atoms with Gasteiger partial charge in [0.25, 0.3) is 0 Å². The zero-order valence-electron chi connectivity index (χ0n) is 18.4. The lowest BCUT2D eigenvalue weighted by atomic mass is 9.89. The summed E-state index contributed by atoms with van der Waals surface area (Å²) in [5, 5.41) is 0. The lowest BCUT2D eigenvalue weighted by Crippen LogP contribution is -2.49. The van der Waals surface area contributed by atoms with Gasteiger partial charge in [0.15, 0.2) is 0 Å². The first-order valence-corrected chi connectivity index (χ1v) is 12.9. The van der Waals surface area contributed by atoms with Crippen LogP contribution in [-0.4, -0.2) is 62.6 Å². The molecular weight excluding hydrogens is 400 g/mol. The minimum absolute atomic E-state index is 0.153. The van der Waals surface area contributed by atoms with E-state index in [0.717, 1.165) is 57.4 Å². The first-order valence-electron chi connectivity index (χ1n) is 11.3. The Morgan fingerprint density at radius 2 is 1.80 bits per heavy atom. The number of amides is 1. The number of likely N-dealkylation sites (tertiary alicyclic amines) is 1. The number of carbonyl (C=O) groups is 1. The van der Waals surface area contributed by atoms with Crippen molar-refractivity contribution in [2.45, 2.75) is 51.9 Å². The second kappa shape index (κ2) is 10.6. The number of hydrogen-bond acceptors (Lipinski definition) is 4. The van der Waals surface area contributed by atoms with E-state index in [2.05, 4.69) is 12.1 Å². The van der Waals surface area contributed by atoms with E-state index in [-0.39, 0.29) is 17.6 Å². The molecule has 1 amide bonds. The van der Waals surface area contributed by atoms with E-state index in [9.17, 15) is 13.2 Å². The fourth-order valence-electron chi connectivity index (χ4n) is 4.65. The van der Waals surface area contributed by atoms with E-state index in [0.29, 0.717) is 25.4 Å². The molecule has 2 saturated heterocycles. The molecule has 2 fully saturated rings. The Bertz CT molecular complexity index is 786. The molecule has 0 spiro atoms. The Labute approximate surface area is 181 Å². The third-order valence-electron chi connectivity index (χ3n) is 6.52. The highest BCUT2D eigenvalue weighted by molar-refractivity contribution is 7.89. The summed E-state index contributed by atoms with van der Waals surface area (Å²) >= 11 is 0. The maximum Gasteiger partial charge on any atom is 0.227 e. The number of rotatable bonds is 8. The molecule has 1 unspecified atom stereocenters. The fourth-order valence-corrected chi connectivity index (χ4v) is 6.24. The Hall–Kier alpha value is -1.60. The van der Waals surface area contributed by atoms with Crippen molar-refractivity contribution in [1.82, 2.24) is 9.21 Å². The van der Waals surface area contributed by atoms with Gasteiger partial charge in [-0.05, 0) is 68.6 Å². The van der Waals surface area contributed by atoms with Gasteiger partial charge < -0.3 is 9.64 Å². The van der Waals surface area contributed by atoms with E-state index in [1.807, 2.05) is 24.0 Å². The Kier molecular flexibility index (Phi) is 8.17. The zero-order valence-corrected chi connectivity index (χ0v) is 19.2. The Balaban J connectivity index is 1.45. The Morgan fingerprint density at radius 3 is 2.43 bits per heavy atom. The van der Waals surface area contributed by atoms with Crippen LogP contribution in [0.1, 0.15) is 51.0 Å². The summed E-state index contributed by atoms with van der Waals surface area (Å²) in [6, 6.07) is 8.26. The van der Waals surface area contributed by atoms with Gasteiger partial charge in [-0.3, -0.25) is 4.79 Å². The predicted octanol–water partition coefficient (Wildman–Crippen LogP) is 3.32. The van der Waals surface area contributed by atoms with Crippen molar-refractivity contribution in [3.63, 3.8) is 0 Å². The van der Waals surface area contributed by atoms with E-state index in [1.165, 1.54) is 5.56 Å². The topological polar surface area (TPSA) is 66.9 Å². The second-order valence-electron chi connectivity index (χ2n) is 8.67. The van der Waals surface area contributed by atoms with Gasteiger partial charge in [0, 0.05) is 26.2 Å². The second-order valence-corrected chi connectivity index (χ2v) is 10.8. The van der Waals surface area contributed by atoms with Crippen LogP contribution in [0.3, 0.4) is 0 Å². The molecular formula is C23H36N2O4S. The molecule has 30 heavy (non-hydrogen) atoms. The average molecular weight is 437 g/mol. The van der Waals surface area contributed by atoms with Crippen LogP contribution in [0.2, 0.25) is 0 Å². The summed E-state index contributed by atoms with van der Waals surface area (Å²) in [7, 11) is -1.54. The standard InChI is InChI=1S/C23H36N2O4S/c1-3-17-30(27,28)25-14-4-5-21(18-25)23(26)24-15-12-20(13-16-24)7-6-19-8-10-22(29-2)11-9-19/h8-11,20-21H,3-7,12-18H2,1-2H3. The number of nitrogens with zero attached hydrogens (tertiary/aromatic N) is 2. The van der Waals surface area contributed by atoms with Gasteiger partial charge in [-0.1, -0.05) is 19.1 Å². The highest BCUT2D eigenvalue weighted by atomic mass is 32.2. The first-order chi connectivity index (χ1) is 14.4. The van der Waals surface area contributed by atoms with Crippen molar-refractivity contribution >= 4 is 15.9 Å². The normalized spacial score (nSPS) is 21.5. The largest absolute Gasteiger partial charge is 0.497 e. The van der Waals surface area contributed by atoms with Gasteiger partial charge in [-0.15, -0.1) is 0 Å². The average Bonchev–Trinajstić information content (AvgIpc) is 2.78. The van der Waals surface area contributed by atoms with E-state index in [4.69, 9.17) is 4.74 Å². The first kappa shape index (κ1) is 23.1. The van der Waals surface area contributed by atoms with E-state index < -0.39 is 10.0 Å². The van der Waals surface area contributed by atoms with Crippen LogP contribution in [-0.2, 0) is 21.2 Å². The molecule has 0 bridgehead atoms. The van der Waals surface area contributed by atoms with Crippen LogP contribution < -0.4 is 4.74 Å². The van der Waals surface area contributed by atoms with Gasteiger partial charge in [-0.25, -0.2) is 12.7 Å². The quantitative estimate of drug-likeness (QED) is 0.627. The molecule has 2 aliphatic heterocycles. The number of piperidine rings is 2. The molecule has 3 rings (SSSR count). The van der Waals surface area contributed by atoms with Crippen LogP contribution in [0, 0.1) is 11.8 Å². The molecule has 1 aromatic rings. The number of methoxy groups -OCH3 is 1. The lowest BCUT2D eigenvalue weighted by Gasteiger charge is -2.37. The third kappa shape index (κ3) is 5.97. The number of aryl methyl sites for hydroxylation is 1. The molecule has 168 valence electrons. The van der Waals surface area contributed by atoms with E-state index >= 15 is 0 Å². The SMILES string of the molecule is CCCS(=O)(=O)N1CCCC(C(=O)N2CCC(CCc3ccc(OC)cc3)CC2)C1. The summed E-state index contributed by atoms with van der Waals surface area (Å²) in [6.07, 6.45) is 6.45. The molecule has 0 N–H and O–H groups in total. The molecule has 0 aliphatic carbocycles. The molecule has 0 saturated carbocycles. The summed E-state index contributed by atoms with van der Waals surface area (Å²) in [5.74, 6) is 1.67. The van der Waals surface area contributed by atoms with Crippen LogP contribution in [0.4, 0.5) is 0 Å². The third-order valence-corrected chi connectivity index (χ3v) is 8.56. The van der Waals surface area contributed by atoms with Crippen LogP contribution in [0.25, 0.3) is 0 Å². The highest BCUT2D eigenvalue weighted by Gasteiger charge is 2.34. The molecule has 6 nitrogen and oxygen atoms in total. The zero-order chi connectivity index (χ0) is 21.6. The monoisotopic (exact) mass is 436 g/mol. The fraction of sp³-hybridized carbons (Fsp3) is 0.696. The smallest absolute Gasteiger partial charge is 0.227 e. The highest BCUT2D eigenvalue weighted by Crippen LogP contribution is 2.27. The van der Waals surface area contributed by atoms with Crippen molar-refractivity contribution in [3.05, 3.63) is 29.8 Å². The van der Waals surface area contributed by atoms with Crippen molar-refractivity contribution in [2.24, 2.45) is 11.8 Å². The molecule has 7 heteroatoms. The van der Waals surface area contributed by atoms with Gasteiger partial charge in [0.05, 0.1) is 18.8 Å². The van der Waals surface area contributed by atoms with Crippen LogP contribution in [0.15, 0.2) is 24.3 Å². The number of ether oxygens (including phenoxy) is 1. The van der Waals surface area contributed by atoms with Gasteiger partial charge in [0.2, 0.25) is 15.9 Å². The van der Waals surface area contributed by atoms with Gasteiger partial charge >= 0.3 is 0 Å². The predicted molar refractivity (Wildman–Crippen MR) is 119 cm³/mol. The maximum atomic E-state index is 13.0. The number of carbonyl (C=O) groups excluding carboxylic acids is 1. The minimum Gasteiger partial charge on any atom is -0.497 e. The Morgan fingerprint density at radius 1 is 1.10 bits per heavy atom. The molecule has 1 atom stereocenters. The van der Waals surface area contributed by atoms with Gasteiger partial charge in [0.1, 0.15) is 5.75 Å². The summed E-state index contributed by atoms with van der Waals surface area (Å²) in [6.45, 7) is 4.38. The molecule has 2 heterocycles.